The number of alkyl halides is 2. The topological polar surface area (TPSA) is 12.5 Å². The van der Waals surface area contributed by atoms with Gasteiger partial charge in [0, 0.05) is 32.5 Å². The van der Waals surface area contributed by atoms with Crippen molar-refractivity contribution >= 4 is 0 Å². The molecule has 0 amide bonds. The van der Waals surface area contributed by atoms with Crippen LogP contribution in [0.15, 0.2) is 24.3 Å². The van der Waals surface area contributed by atoms with Crippen LogP contribution in [0.5, 0.6) is 5.75 Å². The van der Waals surface area contributed by atoms with Crippen LogP contribution in [0.25, 0.3) is 0 Å². The predicted molar refractivity (Wildman–Crippen MR) is 74.4 cm³/mol. The average molecular weight is 281 g/mol. The number of halogens is 2. The Bertz CT molecular complexity index is 454. The first-order chi connectivity index (χ1) is 9.62. The molecule has 1 aromatic carbocycles. The highest BCUT2D eigenvalue weighted by Gasteiger charge is 2.34. The minimum absolute atomic E-state index is 0.00675. The van der Waals surface area contributed by atoms with Crippen LogP contribution in [0.4, 0.5) is 8.78 Å². The Balaban J connectivity index is 1.59. The van der Waals surface area contributed by atoms with Gasteiger partial charge in [-0.05, 0) is 30.4 Å². The van der Waals surface area contributed by atoms with Crippen LogP contribution in [0.1, 0.15) is 24.8 Å². The summed E-state index contributed by atoms with van der Waals surface area (Å²) in [5, 5.41) is 0. The van der Waals surface area contributed by atoms with Crippen molar-refractivity contribution in [3.63, 3.8) is 0 Å². The van der Waals surface area contributed by atoms with E-state index >= 15 is 0 Å². The van der Waals surface area contributed by atoms with Crippen molar-refractivity contribution in [1.29, 1.82) is 0 Å². The molecule has 0 aliphatic carbocycles. The summed E-state index contributed by atoms with van der Waals surface area (Å²) in [5.41, 5.74) is 1.25. The maximum Gasteiger partial charge on any atom is 0.250 e. The molecule has 1 aromatic rings. The van der Waals surface area contributed by atoms with Gasteiger partial charge in [-0.25, -0.2) is 8.78 Å². The summed E-state index contributed by atoms with van der Waals surface area (Å²) in [6.45, 7) is 2.68. The van der Waals surface area contributed by atoms with Crippen LogP contribution in [0, 0.1) is 5.92 Å². The van der Waals surface area contributed by atoms with Crippen molar-refractivity contribution in [3.05, 3.63) is 29.8 Å². The second kappa shape index (κ2) is 5.68. The van der Waals surface area contributed by atoms with E-state index in [-0.39, 0.29) is 12.8 Å². The quantitative estimate of drug-likeness (QED) is 0.824. The van der Waals surface area contributed by atoms with Gasteiger partial charge >= 0.3 is 0 Å². The number of fused-ring (bicyclic) bond motifs is 1. The number of hydrogen-bond acceptors (Lipinski definition) is 2. The Morgan fingerprint density at radius 1 is 1.20 bits per heavy atom. The Labute approximate surface area is 118 Å². The summed E-state index contributed by atoms with van der Waals surface area (Å²) < 4.78 is 32.1. The lowest BCUT2D eigenvalue weighted by Gasteiger charge is -2.33. The van der Waals surface area contributed by atoms with Gasteiger partial charge in [-0.2, -0.15) is 0 Å². The summed E-state index contributed by atoms with van der Waals surface area (Å²) in [6.07, 6.45) is 2.00. The average Bonchev–Trinajstić information content (AvgIpc) is 2.63. The first-order valence-corrected chi connectivity index (χ1v) is 7.43. The van der Waals surface area contributed by atoms with Crippen LogP contribution in [0.2, 0.25) is 0 Å². The number of para-hydroxylation sites is 1. The molecule has 0 saturated carbocycles. The van der Waals surface area contributed by atoms with E-state index < -0.39 is 5.92 Å². The first kappa shape index (κ1) is 13.8. The largest absolute Gasteiger partial charge is 0.493 e. The number of piperidine rings is 1. The van der Waals surface area contributed by atoms with E-state index in [1.165, 1.54) is 5.56 Å². The Morgan fingerprint density at radius 3 is 2.75 bits per heavy atom. The minimum atomic E-state index is -2.45. The molecule has 2 heterocycles. The third kappa shape index (κ3) is 3.29. The molecule has 2 aliphatic heterocycles. The number of nitrogens with zero attached hydrogens (tertiary/aromatic N) is 1. The highest BCUT2D eigenvalue weighted by Crippen LogP contribution is 2.30. The summed E-state index contributed by atoms with van der Waals surface area (Å²) in [7, 11) is 0. The Kier molecular flexibility index (Phi) is 3.92. The monoisotopic (exact) mass is 281 g/mol. The molecule has 4 heteroatoms. The van der Waals surface area contributed by atoms with Gasteiger partial charge in [-0.1, -0.05) is 18.2 Å². The molecule has 110 valence electrons. The Morgan fingerprint density at radius 2 is 1.95 bits per heavy atom. The van der Waals surface area contributed by atoms with E-state index in [9.17, 15) is 8.78 Å². The summed E-state index contributed by atoms with van der Waals surface area (Å²) in [6, 6.07) is 8.15. The molecule has 0 N–H and O–H groups in total. The summed E-state index contributed by atoms with van der Waals surface area (Å²) in [4.78, 5) is 2.19. The fourth-order valence-electron chi connectivity index (χ4n) is 3.15. The van der Waals surface area contributed by atoms with Crippen LogP contribution in [-0.2, 0) is 6.42 Å². The van der Waals surface area contributed by atoms with Crippen LogP contribution in [-0.4, -0.2) is 37.1 Å². The van der Waals surface area contributed by atoms with Gasteiger partial charge in [0.1, 0.15) is 5.75 Å². The maximum absolute atomic E-state index is 13.2. The van der Waals surface area contributed by atoms with Gasteiger partial charge < -0.3 is 9.64 Å². The molecule has 2 aliphatic rings. The number of benzene rings is 1. The first-order valence-electron chi connectivity index (χ1n) is 7.43. The molecule has 0 bridgehead atoms. The fraction of sp³-hybridized carbons (Fsp3) is 0.625. The molecule has 0 aromatic heterocycles. The molecule has 0 radical (unpaired) electrons. The van der Waals surface area contributed by atoms with Gasteiger partial charge in [0.25, 0.3) is 5.92 Å². The highest BCUT2D eigenvalue weighted by atomic mass is 19.3. The Hall–Kier alpha value is -1.16. The fourth-order valence-corrected chi connectivity index (χ4v) is 3.15. The van der Waals surface area contributed by atoms with E-state index in [1.807, 2.05) is 18.2 Å². The second-order valence-corrected chi connectivity index (χ2v) is 5.97. The van der Waals surface area contributed by atoms with Crippen molar-refractivity contribution in [3.8, 4) is 5.75 Å². The SMILES string of the molecule is FC1(F)CCN(C[C@@H]2CCOc3ccccc3C2)CC1. The molecule has 3 rings (SSSR count). The summed E-state index contributed by atoms with van der Waals surface area (Å²) in [5.74, 6) is -0.957. The third-order valence-corrected chi connectivity index (χ3v) is 4.37. The zero-order chi connectivity index (χ0) is 14.0. The van der Waals surface area contributed by atoms with E-state index in [0.29, 0.717) is 19.0 Å². The minimum Gasteiger partial charge on any atom is -0.493 e. The normalized spacial score (nSPS) is 26.4. The molecule has 1 fully saturated rings. The number of hydrogen-bond donors (Lipinski definition) is 0. The maximum atomic E-state index is 13.2. The van der Waals surface area contributed by atoms with Gasteiger partial charge in [0.15, 0.2) is 0 Å². The number of rotatable bonds is 2. The van der Waals surface area contributed by atoms with Crippen LogP contribution < -0.4 is 4.74 Å². The van der Waals surface area contributed by atoms with Crippen molar-refractivity contribution in [2.45, 2.75) is 31.6 Å². The van der Waals surface area contributed by atoms with Crippen molar-refractivity contribution < 1.29 is 13.5 Å². The van der Waals surface area contributed by atoms with E-state index in [0.717, 1.165) is 31.7 Å². The van der Waals surface area contributed by atoms with Gasteiger partial charge in [-0.3, -0.25) is 0 Å². The molecular weight excluding hydrogens is 260 g/mol. The molecule has 0 spiro atoms. The smallest absolute Gasteiger partial charge is 0.250 e. The van der Waals surface area contributed by atoms with Gasteiger partial charge in [0.2, 0.25) is 0 Å². The van der Waals surface area contributed by atoms with Crippen LogP contribution >= 0.6 is 0 Å². The number of ether oxygens (including phenoxy) is 1. The molecule has 1 saturated heterocycles. The summed E-state index contributed by atoms with van der Waals surface area (Å²) >= 11 is 0. The zero-order valence-corrected chi connectivity index (χ0v) is 11.7. The molecule has 2 nitrogen and oxygen atoms in total. The predicted octanol–water partition coefficient (Wildman–Crippen LogP) is 3.36. The molecule has 0 unspecified atom stereocenters. The standard InChI is InChI=1S/C16H21F2NO/c17-16(18)6-8-19(9-7-16)12-13-5-10-20-15-4-2-1-3-14(15)11-13/h1-4,13H,5-12H2/t13-/m1/s1. The zero-order valence-electron chi connectivity index (χ0n) is 11.7. The lowest BCUT2D eigenvalue weighted by atomic mass is 9.95. The van der Waals surface area contributed by atoms with Crippen LogP contribution in [0.3, 0.4) is 0 Å². The molecule has 20 heavy (non-hydrogen) atoms. The second-order valence-electron chi connectivity index (χ2n) is 5.97. The lowest BCUT2D eigenvalue weighted by Crippen LogP contribution is -2.41. The number of likely N-dealkylation sites (tertiary alicyclic amines) is 1. The van der Waals surface area contributed by atoms with E-state index in [4.69, 9.17) is 4.74 Å². The van der Waals surface area contributed by atoms with E-state index in [2.05, 4.69) is 11.0 Å². The van der Waals surface area contributed by atoms with Crippen molar-refractivity contribution in [2.24, 2.45) is 5.92 Å². The molecular formula is C16H21F2NO. The highest BCUT2D eigenvalue weighted by molar-refractivity contribution is 5.34. The molecule has 1 atom stereocenters. The van der Waals surface area contributed by atoms with Crippen molar-refractivity contribution in [1.82, 2.24) is 4.90 Å². The van der Waals surface area contributed by atoms with E-state index in [1.54, 1.807) is 0 Å². The third-order valence-electron chi connectivity index (χ3n) is 4.37. The van der Waals surface area contributed by atoms with Gasteiger partial charge in [0.05, 0.1) is 6.61 Å². The van der Waals surface area contributed by atoms with Crippen molar-refractivity contribution in [2.75, 3.05) is 26.2 Å². The van der Waals surface area contributed by atoms with Gasteiger partial charge in [-0.15, -0.1) is 0 Å². The lowest BCUT2D eigenvalue weighted by molar-refractivity contribution is -0.0575.